The molecular formula is C20H22N4O2. The number of aliphatic hydroxyl groups is 1. The molecule has 6 heteroatoms. The van der Waals surface area contributed by atoms with E-state index < -0.39 is 0 Å². The van der Waals surface area contributed by atoms with E-state index in [0.717, 1.165) is 24.9 Å². The fraction of sp³-hybridized carbons (Fsp3) is 0.350. The van der Waals surface area contributed by atoms with E-state index in [-0.39, 0.29) is 17.6 Å². The fourth-order valence-corrected chi connectivity index (χ4v) is 3.82. The normalized spacial score (nSPS) is 22.8. The molecule has 0 amide bonds. The van der Waals surface area contributed by atoms with Gasteiger partial charge in [0.15, 0.2) is 5.69 Å². The molecule has 2 aromatic rings. The Kier molecular flexibility index (Phi) is 4.32. The van der Waals surface area contributed by atoms with Crippen molar-refractivity contribution in [1.29, 1.82) is 0 Å². The van der Waals surface area contributed by atoms with Gasteiger partial charge in [-0.25, -0.2) is 0 Å². The van der Waals surface area contributed by atoms with Gasteiger partial charge in [0, 0.05) is 5.92 Å². The average molecular weight is 350 g/mol. The number of benzene rings is 1. The minimum atomic E-state index is -0.0518. The van der Waals surface area contributed by atoms with Crippen molar-refractivity contribution < 1.29 is 10.2 Å². The van der Waals surface area contributed by atoms with Crippen LogP contribution in [-0.4, -0.2) is 20.0 Å². The van der Waals surface area contributed by atoms with Crippen molar-refractivity contribution >= 4 is 5.69 Å². The maximum absolute atomic E-state index is 10.5. The Morgan fingerprint density at radius 2 is 1.85 bits per heavy atom. The third-order valence-electron chi connectivity index (χ3n) is 5.20. The molecule has 0 spiro atoms. The van der Waals surface area contributed by atoms with Gasteiger partial charge in [0.2, 0.25) is 5.88 Å². The molecule has 0 bridgehead atoms. The number of aromatic hydroxyl groups is 1. The van der Waals surface area contributed by atoms with Crippen LogP contribution in [0.4, 0.5) is 5.69 Å². The Hall–Kier alpha value is -2.89. The molecule has 0 saturated heterocycles. The van der Waals surface area contributed by atoms with Crippen LogP contribution in [0.1, 0.15) is 31.4 Å². The lowest BCUT2D eigenvalue weighted by Crippen LogP contribution is -2.22. The smallest absolute Gasteiger partial charge is 0.243 e. The highest BCUT2D eigenvalue weighted by atomic mass is 16.3. The fourth-order valence-electron chi connectivity index (χ4n) is 3.82. The molecular weight excluding hydrogens is 328 g/mol. The molecule has 2 N–H and O–H groups in total. The first-order valence-electron chi connectivity index (χ1n) is 9.02. The molecule has 2 atom stereocenters. The topological polar surface area (TPSA) is 83.0 Å². The number of allylic oxidation sites excluding steroid dienone is 3. The number of aromatic nitrogens is 2. The van der Waals surface area contributed by atoms with Gasteiger partial charge in [0.05, 0.1) is 11.4 Å². The molecule has 1 fully saturated rings. The summed E-state index contributed by atoms with van der Waals surface area (Å²) in [6.45, 7) is 1.78. The summed E-state index contributed by atoms with van der Waals surface area (Å²) in [7, 11) is 0. The molecule has 1 aromatic carbocycles. The maximum Gasteiger partial charge on any atom is 0.243 e. The number of rotatable bonds is 3. The Bertz CT molecular complexity index is 896. The van der Waals surface area contributed by atoms with Gasteiger partial charge in [0.25, 0.3) is 0 Å². The van der Waals surface area contributed by atoms with Crippen LogP contribution in [0.25, 0.3) is 5.69 Å². The number of aryl methyl sites for hydroxylation is 1. The van der Waals surface area contributed by atoms with Crippen molar-refractivity contribution in [3.05, 3.63) is 59.6 Å². The standard InChI is InChI=1S/C20H22N4O2/c1-13-18(20(26)24(23-13)15-8-3-2-4-9-15)21-22-19-16-10-6-5-7-14(16)11-12-17(19)25/h2-4,8-9,11-12,14,16,25-26H,5-7,10H2,1H3/t14-,16?/m1/s1. The Balaban J connectivity index is 1.67. The van der Waals surface area contributed by atoms with Crippen molar-refractivity contribution in [2.75, 3.05) is 0 Å². The third kappa shape index (κ3) is 2.92. The largest absolute Gasteiger partial charge is 0.506 e. The van der Waals surface area contributed by atoms with Crippen LogP contribution in [0.3, 0.4) is 0 Å². The SMILES string of the molecule is Cc1nn(-c2ccccc2)c(O)c1N=NC1=C(O)C=C[C@H]2CCCCC12. The van der Waals surface area contributed by atoms with Gasteiger partial charge in [-0.15, -0.1) is 5.11 Å². The van der Waals surface area contributed by atoms with E-state index in [9.17, 15) is 10.2 Å². The molecule has 4 rings (SSSR count). The maximum atomic E-state index is 10.5. The van der Waals surface area contributed by atoms with E-state index in [1.54, 1.807) is 13.0 Å². The van der Waals surface area contributed by atoms with Gasteiger partial charge in [-0.2, -0.15) is 14.9 Å². The molecule has 0 aliphatic heterocycles. The molecule has 26 heavy (non-hydrogen) atoms. The summed E-state index contributed by atoms with van der Waals surface area (Å²) < 4.78 is 1.45. The van der Waals surface area contributed by atoms with Crippen molar-refractivity contribution in [1.82, 2.24) is 9.78 Å². The Morgan fingerprint density at radius 1 is 1.08 bits per heavy atom. The highest BCUT2D eigenvalue weighted by Gasteiger charge is 2.31. The number of fused-ring (bicyclic) bond motifs is 1. The van der Waals surface area contributed by atoms with Crippen LogP contribution < -0.4 is 0 Å². The summed E-state index contributed by atoms with van der Waals surface area (Å²) in [5.41, 5.74) is 2.28. The molecule has 134 valence electrons. The molecule has 0 radical (unpaired) electrons. The van der Waals surface area contributed by atoms with Gasteiger partial charge in [0.1, 0.15) is 11.5 Å². The molecule has 1 unspecified atom stereocenters. The Morgan fingerprint density at radius 3 is 2.65 bits per heavy atom. The zero-order valence-electron chi connectivity index (χ0n) is 14.7. The zero-order chi connectivity index (χ0) is 18.1. The van der Waals surface area contributed by atoms with Crippen LogP contribution in [0.2, 0.25) is 0 Å². The van der Waals surface area contributed by atoms with E-state index in [1.165, 1.54) is 11.1 Å². The van der Waals surface area contributed by atoms with Crippen molar-refractivity contribution in [2.24, 2.45) is 22.1 Å². The Labute approximate surface area is 152 Å². The number of hydrogen-bond acceptors (Lipinski definition) is 5. The molecule has 1 saturated carbocycles. The van der Waals surface area contributed by atoms with Gasteiger partial charge < -0.3 is 10.2 Å². The van der Waals surface area contributed by atoms with E-state index in [2.05, 4.69) is 21.4 Å². The molecule has 6 nitrogen and oxygen atoms in total. The predicted octanol–water partition coefficient (Wildman–Crippen LogP) is 5.12. The summed E-state index contributed by atoms with van der Waals surface area (Å²) in [6.07, 6.45) is 8.26. The summed E-state index contributed by atoms with van der Waals surface area (Å²) in [4.78, 5) is 0. The lowest BCUT2D eigenvalue weighted by molar-refractivity contribution is 0.293. The van der Waals surface area contributed by atoms with Crippen molar-refractivity contribution in [3.8, 4) is 11.6 Å². The first kappa shape index (κ1) is 16.6. The highest BCUT2D eigenvalue weighted by Crippen LogP contribution is 2.41. The lowest BCUT2D eigenvalue weighted by atomic mass is 9.75. The second-order valence-electron chi connectivity index (χ2n) is 6.89. The van der Waals surface area contributed by atoms with Gasteiger partial charge in [-0.05, 0) is 43.9 Å². The summed E-state index contributed by atoms with van der Waals surface area (Å²) in [6, 6.07) is 9.39. The van der Waals surface area contributed by atoms with Crippen molar-refractivity contribution in [2.45, 2.75) is 32.6 Å². The molecule has 1 heterocycles. The van der Waals surface area contributed by atoms with E-state index in [1.807, 2.05) is 30.3 Å². The highest BCUT2D eigenvalue weighted by molar-refractivity contribution is 5.54. The van der Waals surface area contributed by atoms with Gasteiger partial charge in [-0.1, -0.05) is 37.1 Å². The minimum Gasteiger partial charge on any atom is -0.506 e. The predicted molar refractivity (Wildman–Crippen MR) is 98.7 cm³/mol. The minimum absolute atomic E-state index is 0.0518. The van der Waals surface area contributed by atoms with Crippen LogP contribution in [0.15, 0.2) is 64.2 Å². The van der Waals surface area contributed by atoms with Gasteiger partial charge >= 0.3 is 0 Å². The number of para-hydroxylation sites is 1. The van der Waals surface area contributed by atoms with Crippen LogP contribution >= 0.6 is 0 Å². The van der Waals surface area contributed by atoms with Crippen LogP contribution in [0, 0.1) is 18.8 Å². The first-order valence-corrected chi connectivity index (χ1v) is 9.02. The average Bonchev–Trinajstić information content (AvgIpc) is 2.96. The quantitative estimate of drug-likeness (QED) is 0.754. The van der Waals surface area contributed by atoms with Crippen LogP contribution in [0.5, 0.6) is 5.88 Å². The monoisotopic (exact) mass is 350 g/mol. The summed E-state index contributed by atoms with van der Waals surface area (Å²) in [5.74, 6) is 0.730. The number of hydrogen-bond donors (Lipinski definition) is 2. The number of aliphatic hydroxyl groups excluding tert-OH is 1. The third-order valence-corrected chi connectivity index (χ3v) is 5.20. The first-order chi connectivity index (χ1) is 12.6. The van der Waals surface area contributed by atoms with E-state index in [0.29, 0.717) is 23.0 Å². The van der Waals surface area contributed by atoms with Gasteiger partial charge in [-0.3, -0.25) is 0 Å². The zero-order valence-corrected chi connectivity index (χ0v) is 14.7. The second-order valence-corrected chi connectivity index (χ2v) is 6.89. The van der Waals surface area contributed by atoms with E-state index >= 15 is 0 Å². The summed E-state index contributed by atoms with van der Waals surface area (Å²) in [5, 5.41) is 33.8. The van der Waals surface area contributed by atoms with E-state index in [4.69, 9.17) is 0 Å². The molecule has 2 aliphatic carbocycles. The molecule has 1 aromatic heterocycles. The second kappa shape index (κ2) is 6.78. The molecule has 2 aliphatic rings. The number of azo groups is 1. The summed E-state index contributed by atoms with van der Waals surface area (Å²) >= 11 is 0. The lowest BCUT2D eigenvalue weighted by Gasteiger charge is -2.31. The van der Waals surface area contributed by atoms with Crippen LogP contribution in [-0.2, 0) is 0 Å². The number of nitrogens with zero attached hydrogens (tertiary/aromatic N) is 4. The van der Waals surface area contributed by atoms with Crippen molar-refractivity contribution in [3.63, 3.8) is 0 Å².